The number of hydrogen-bond acceptors (Lipinski definition) is 0. The first-order valence-electron chi connectivity index (χ1n) is 8.41. The predicted molar refractivity (Wildman–Crippen MR) is 85.0 cm³/mol. The SMILES string of the molecule is [c]1ccc2c(c1)C1(CC3CCCC1CC3)c1c[c]ccc1-2. The Balaban J connectivity index is 1.83. The Bertz CT molecular complexity index is 647. The lowest BCUT2D eigenvalue weighted by Crippen LogP contribution is -2.38. The Hall–Kier alpha value is -1.56. The second-order valence-electron chi connectivity index (χ2n) is 7.19. The monoisotopic (exact) mass is 272 g/mol. The molecule has 3 fully saturated rings. The van der Waals surface area contributed by atoms with Gasteiger partial charge in [0.15, 0.2) is 0 Å². The first-order chi connectivity index (χ1) is 10.4. The van der Waals surface area contributed by atoms with Crippen molar-refractivity contribution < 1.29 is 0 Å². The van der Waals surface area contributed by atoms with Gasteiger partial charge in [-0.05, 0) is 77.6 Å². The quantitative estimate of drug-likeness (QED) is 0.622. The van der Waals surface area contributed by atoms with Crippen molar-refractivity contribution in [1.82, 2.24) is 0 Å². The number of fused-ring (bicyclic) bond motifs is 6. The highest BCUT2D eigenvalue weighted by Gasteiger charge is 2.52. The molecule has 0 heteroatoms. The third-order valence-electron chi connectivity index (χ3n) is 6.38. The average molecular weight is 272 g/mol. The van der Waals surface area contributed by atoms with Gasteiger partial charge in [-0.2, -0.15) is 0 Å². The third-order valence-corrected chi connectivity index (χ3v) is 6.38. The molecule has 0 heterocycles. The van der Waals surface area contributed by atoms with Crippen LogP contribution in [0.5, 0.6) is 0 Å². The highest BCUT2D eigenvalue weighted by molar-refractivity contribution is 5.81. The summed E-state index contributed by atoms with van der Waals surface area (Å²) in [4.78, 5) is 0. The van der Waals surface area contributed by atoms with Crippen LogP contribution in [0.3, 0.4) is 0 Å². The molecular formula is C21H20. The first kappa shape index (κ1) is 12.0. The molecular weight excluding hydrogens is 252 g/mol. The molecule has 3 saturated carbocycles. The third kappa shape index (κ3) is 1.46. The van der Waals surface area contributed by atoms with Gasteiger partial charge in [-0.25, -0.2) is 0 Å². The van der Waals surface area contributed by atoms with Gasteiger partial charge in [-0.15, -0.1) is 0 Å². The van der Waals surface area contributed by atoms with E-state index in [1.54, 1.807) is 11.1 Å². The van der Waals surface area contributed by atoms with E-state index in [0.717, 1.165) is 11.8 Å². The molecule has 4 aliphatic rings. The second-order valence-corrected chi connectivity index (χ2v) is 7.19. The van der Waals surface area contributed by atoms with E-state index in [0.29, 0.717) is 0 Å². The van der Waals surface area contributed by atoms with Crippen LogP contribution in [0, 0.1) is 24.0 Å². The van der Waals surface area contributed by atoms with E-state index in [1.807, 2.05) is 0 Å². The van der Waals surface area contributed by atoms with E-state index >= 15 is 0 Å². The molecule has 2 atom stereocenters. The van der Waals surface area contributed by atoms with Crippen LogP contribution in [0.15, 0.2) is 36.4 Å². The maximum atomic E-state index is 3.37. The minimum Gasteiger partial charge on any atom is -0.0537 e. The van der Waals surface area contributed by atoms with Gasteiger partial charge in [0.1, 0.15) is 0 Å². The van der Waals surface area contributed by atoms with Gasteiger partial charge >= 0.3 is 0 Å². The maximum absolute atomic E-state index is 3.37. The van der Waals surface area contributed by atoms with Gasteiger partial charge in [0, 0.05) is 5.41 Å². The minimum atomic E-state index is 0.277. The zero-order valence-corrected chi connectivity index (χ0v) is 12.4. The standard InChI is InChI=1S/C21H20/c1-3-10-19-17(8-1)18-9-2-4-11-20(18)21(19)14-15-6-5-7-16(21)13-12-15/h1-2,8-11,15-16H,5-7,12-14H2. The molecule has 4 aliphatic carbocycles. The summed E-state index contributed by atoms with van der Waals surface area (Å²) in [5.41, 5.74) is 6.34. The molecule has 0 N–H and O–H groups in total. The molecule has 6 rings (SSSR count). The Morgan fingerprint density at radius 1 is 0.857 bits per heavy atom. The predicted octanol–water partition coefficient (Wildman–Crippen LogP) is 5.15. The zero-order chi connectivity index (χ0) is 13.9. The molecule has 0 aliphatic heterocycles. The summed E-state index contributed by atoms with van der Waals surface area (Å²) in [5, 5.41) is 0. The van der Waals surface area contributed by atoms with Crippen LogP contribution in [-0.4, -0.2) is 0 Å². The van der Waals surface area contributed by atoms with Crippen LogP contribution in [0.2, 0.25) is 0 Å². The van der Waals surface area contributed by atoms with Gasteiger partial charge in [-0.1, -0.05) is 43.5 Å². The molecule has 0 saturated heterocycles. The average Bonchev–Trinajstić information content (AvgIpc) is 2.74. The Morgan fingerprint density at radius 2 is 1.57 bits per heavy atom. The van der Waals surface area contributed by atoms with Crippen LogP contribution in [-0.2, 0) is 5.41 Å². The van der Waals surface area contributed by atoms with Crippen molar-refractivity contribution >= 4 is 0 Å². The molecule has 0 aromatic heterocycles. The molecule has 2 aromatic rings. The largest absolute Gasteiger partial charge is 0.0537 e. The second kappa shape index (κ2) is 4.22. The summed E-state index contributed by atoms with van der Waals surface area (Å²) in [6, 6.07) is 20.0. The summed E-state index contributed by atoms with van der Waals surface area (Å²) in [6.45, 7) is 0. The Morgan fingerprint density at radius 3 is 2.29 bits per heavy atom. The van der Waals surface area contributed by atoms with Gasteiger partial charge in [0.25, 0.3) is 0 Å². The fraction of sp³-hybridized carbons (Fsp3) is 0.429. The van der Waals surface area contributed by atoms with Crippen molar-refractivity contribution in [2.45, 2.75) is 43.9 Å². The maximum Gasteiger partial charge on any atom is 0.0246 e. The van der Waals surface area contributed by atoms with E-state index in [1.165, 1.54) is 49.7 Å². The normalized spacial score (nSPS) is 28.2. The number of hydrogen-bond donors (Lipinski definition) is 0. The summed E-state index contributed by atoms with van der Waals surface area (Å²) < 4.78 is 0. The van der Waals surface area contributed by atoms with Crippen LogP contribution in [0.25, 0.3) is 11.1 Å². The van der Waals surface area contributed by atoms with E-state index < -0.39 is 0 Å². The highest BCUT2D eigenvalue weighted by atomic mass is 14.5. The van der Waals surface area contributed by atoms with E-state index in [9.17, 15) is 0 Å². The lowest BCUT2D eigenvalue weighted by molar-refractivity contribution is 0.197. The number of rotatable bonds is 0. The molecule has 0 amide bonds. The fourth-order valence-electron chi connectivity index (χ4n) is 5.57. The summed E-state index contributed by atoms with van der Waals surface area (Å²) >= 11 is 0. The summed E-state index contributed by atoms with van der Waals surface area (Å²) in [5.74, 6) is 1.74. The van der Waals surface area contributed by atoms with Gasteiger partial charge in [-0.3, -0.25) is 0 Å². The van der Waals surface area contributed by atoms with Gasteiger partial charge in [0.05, 0.1) is 0 Å². The van der Waals surface area contributed by atoms with Crippen molar-refractivity contribution in [3.05, 3.63) is 59.7 Å². The van der Waals surface area contributed by atoms with Crippen molar-refractivity contribution in [2.24, 2.45) is 11.8 Å². The van der Waals surface area contributed by atoms with E-state index in [2.05, 4.69) is 48.5 Å². The van der Waals surface area contributed by atoms with Crippen molar-refractivity contribution in [3.63, 3.8) is 0 Å². The lowest BCUT2D eigenvalue weighted by atomic mass is 9.59. The van der Waals surface area contributed by atoms with Crippen molar-refractivity contribution in [3.8, 4) is 11.1 Å². The van der Waals surface area contributed by atoms with Crippen molar-refractivity contribution in [2.75, 3.05) is 0 Å². The topological polar surface area (TPSA) is 0 Å². The first-order valence-corrected chi connectivity index (χ1v) is 8.41. The lowest BCUT2D eigenvalue weighted by Gasteiger charge is -2.44. The molecule has 1 spiro atoms. The van der Waals surface area contributed by atoms with Crippen molar-refractivity contribution in [1.29, 1.82) is 0 Å². The summed E-state index contributed by atoms with van der Waals surface area (Å²) in [7, 11) is 0. The van der Waals surface area contributed by atoms with Crippen LogP contribution in [0.4, 0.5) is 0 Å². The molecule has 2 unspecified atom stereocenters. The highest BCUT2D eigenvalue weighted by Crippen LogP contribution is 2.61. The zero-order valence-electron chi connectivity index (χ0n) is 12.4. The van der Waals surface area contributed by atoms with Gasteiger partial charge < -0.3 is 0 Å². The fourth-order valence-corrected chi connectivity index (χ4v) is 5.57. The molecule has 104 valence electrons. The smallest absolute Gasteiger partial charge is 0.0246 e. The number of benzene rings is 2. The molecule has 2 aromatic carbocycles. The van der Waals surface area contributed by atoms with E-state index in [4.69, 9.17) is 0 Å². The summed E-state index contributed by atoms with van der Waals surface area (Å²) in [6.07, 6.45) is 8.48. The minimum absolute atomic E-state index is 0.277. The van der Waals surface area contributed by atoms with Crippen LogP contribution >= 0.6 is 0 Å². The van der Waals surface area contributed by atoms with Crippen LogP contribution < -0.4 is 0 Å². The molecule has 2 bridgehead atoms. The molecule has 2 radical (unpaired) electrons. The Labute approximate surface area is 127 Å². The Kier molecular flexibility index (Phi) is 2.42. The molecule has 0 nitrogen and oxygen atoms in total. The molecule has 21 heavy (non-hydrogen) atoms. The van der Waals surface area contributed by atoms with Gasteiger partial charge in [0.2, 0.25) is 0 Å². The van der Waals surface area contributed by atoms with Crippen LogP contribution in [0.1, 0.15) is 49.7 Å². The van der Waals surface area contributed by atoms with E-state index in [-0.39, 0.29) is 5.41 Å².